The van der Waals surface area contributed by atoms with Crippen LogP contribution in [0.1, 0.15) is 57.4 Å². The van der Waals surface area contributed by atoms with Crippen molar-refractivity contribution in [3.05, 3.63) is 53.1 Å². The van der Waals surface area contributed by atoms with Crippen LogP contribution in [-0.4, -0.2) is 4.98 Å². The molecule has 1 saturated carbocycles. The molecule has 1 aliphatic carbocycles. The highest BCUT2D eigenvalue weighted by Gasteiger charge is 2.25. The van der Waals surface area contributed by atoms with Gasteiger partial charge >= 0.3 is 0 Å². The zero-order chi connectivity index (χ0) is 17.1. The predicted octanol–water partition coefficient (Wildman–Crippen LogP) is 6.86. The normalized spacial score (nSPS) is 22.3. The van der Waals surface area contributed by atoms with E-state index in [0.717, 1.165) is 17.4 Å². The molecule has 0 spiro atoms. The highest BCUT2D eigenvalue weighted by molar-refractivity contribution is 6.29. The number of pyridine rings is 1. The number of hydrogen-bond donors (Lipinski definition) is 0. The molecular formula is C21H25ClFN. The summed E-state index contributed by atoms with van der Waals surface area (Å²) in [6, 6.07) is 11.6. The number of aromatic nitrogens is 1. The first kappa shape index (κ1) is 17.4. The number of rotatable bonds is 4. The van der Waals surface area contributed by atoms with Gasteiger partial charge in [-0.2, -0.15) is 4.39 Å². The van der Waals surface area contributed by atoms with E-state index < -0.39 is 5.95 Å². The Morgan fingerprint density at radius 1 is 1.08 bits per heavy atom. The van der Waals surface area contributed by atoms with E-state index in [0.29, 0.717) is 11.5 Å². The van der Waals surface area contributed by atoms with Crippen molar-refractivity contribution in [1.29, 1.82) is 0 Å². The van der Waals surface area contributed by atoms with Crippen molar-refractivity contribution in [3.8, 4) is 11.1 Å². The van der Waals surface area contributed by atoms with Gasteiger partial charge in [0.15, 0.2) is 0 Å². The van der Waals surface area contributed by atoms with Gasteiger partial charge in [0.2, 0.25) is 5.95 Å². The lowest BCUT2D eigenvalue weighted by Crippen LogP contribution is -2.18. The maximum absolute atomic E-state index is 14.0. The minimum Gasteiger partial charge on any atom is -0.207 e. The average molecular weight is 346 g/mol. The zero-order valence-corrected chi connectivity index (χ0v) is 15.2. The minimum atomic E-state index is -0.513. The molecule has 24 heavy (non-hydrogen) atoms. The topological polar surface area (TPSA) is 12.9 Å². The molecular weight excluding hydrogens is 321 g/mol. The van der Waals surface area contributed by atoms with E-state index in [2.05, 4.69) is 31.0 Å². The molecule has 128 valence electrons. The standard InChI is InChI=1S/C21H25ClFN/c1-3-15-4-6-16(7-5-15)14(2)17-8-10-18(11-9-17)19-12-13-20(22)24-21(19)23/h8-16H,3-7H2,1-2H3. The fraction of sp³-hybridized carbons (Fsp3) is 0.476. The Hall–Kier alpha value is -1.41. The molecule has 1 unspecified atom stereocenters. The van der Waals surface area contributed by atoms with Gasteiger partial charge in [-0.1, -0.05) is 69.0 Å². The first-order chi connectivity index (χ1) is 11.6. The van der Waals surface area contributed by atoms with Gasteiger partial charge in [-0.3, -0.25) is 0 Å². The quantitative estimate of drug-likeness (QED) is 0.551. The molecule has 1 nitrogen and oxygen atoms in total. The van der Waals surface area contributed by atoms with Crippen LogP contribution in [0.2, 0.25) is 5.15 Å². The van der Waals surface area contributed by atoms with Crippen molar-refractivity contribution in [2.75, 3.05) is 0 Å². The number of halogens is 2. The van der Waals surface area contributed by atoms with Crippen LogP contribution in [0.5, 0.6) is 0 Å². The molecule has 2 aromatic rings. The van der Waals surface area contributed by atoms with Crippen molar-refractivity contribution in [2.45, 2.75) is 51.9 Å². The zero-order valence-electron chi connectivity index (χ0n) is 14.4. The molecule has 1 atom stereocenters. The molecule has 3 heteroatoms. The SMILES string of the molecule is CCC1CCC(C(C)c2ccc(-c3ccc(Cl)nc3F)cc2)CC1. The molecule has 0 saturated heterocycles. The van der Waals surface area contributed by atoms with E-state index in [1.165, 1.54) is 37.7 Å². The fourth-order valence-electron chi connectivity index (χ4n) is 3.96. The van der Waals surface area contributed by atoms with Crippen LogP contribution < -0.4 is 0 Å². The molecule has 1 aromatic carbocycles. The third-order valence-corrected chi connectivity index (χ3v) is 5.95. The summed E-state index contributed by atoms with van der Waals surface area (Å²) in [4.78, 5) is 3.69. The van der Waals surface area contributed by atoms with Crippen LogP contribution in [0.15, 0.2) is 36.4 Å². The number of nitrogens with zero attached hydrogens (tertiary/aromatic N) is 1. The van der Waals surface area contributed by atoms with E-state index in [-0.39, 0.29) is 5.15 Å². The summed E-state index contributed by atoms with van der Waals surface area (Å²) in [5.74, 6) is 1.75. The van der Waals surface area contributed by atoms with Crippen LogP contribution >= 0.6 is 11.6 Å². The van der Waals surface area contributed by atoms with Crippen LogP contribution in [0.3, 0.4) is 0 Å². The van der Waals surface area contributed by atoms with Crippen molar-refractivity contribution >= 4 is 11.6 Å². The first-order valence-electron chi connectivity index (χ1n) is 9.00. The lowest BCUT2D eigenvalue weighted by molar-refractivity contribution is 0.244. The summed E-state index contributed by atoms with van der Waals surface area (Å²) >= 11 is 5.73. The average Bonchev–Trinajstić information content (AvgIpc) is 2.61. The molecule has 0 amide bonds. The van der Waals surface area contributed by atoms with E-state index in [9.17, 15) is 4.39 Å². The molecule has 0 aliphatic heterocycles. The molecule has 0 radical (unpaired) electrons. The highest BCUT2D eigenvalue weighted by atomic mass is 35.5. The summed E-state index contributed by atoms with van der Waals surface area (Å²) < 4.78 is 14.0. The summed E-state index contributed by atoms with van der Waals surface area (Å²) in [7, 11) is 0. The third-order valence-electron chi connectivity index (χ3n) is 5.74. The summed E-state index contributed by atoms with van der Waals surface area (Å²) in [6.45, 7) is 4.63. The van der Waals surface area contributed by atoms with Crippen molar-refractivity contribution < 1.29 is 4.39 Å². The van der Waals surface area contributed by atoms with Crippen molar-refractivity contribution in [1.82, 2.24) is 4.98 Å². The minimum absolute atomic E-state index is 0.184. The maximum Gasteiger partial charge on any atom is 0.222 e. The van der Waals surface area contributed by atoms with E-state index in [4.69, 9.17) is 11.6 Å². The number of hydrogen-bond acceptors (Lipinski definition) is 1. The monoisotopic (exact) mass is 345 g/mol. The Labute approximate surface area is 149 Å². The lowest BCUT2D eigenvalue weighted by atomic mass is 9.73. The Bertz CT molecular complexity index is 675. The molecule has 3 rings (SSSR count). The van der Waals surface area contributed by atoms with E-state index in [1.54, 1.807) is 12.1 Å². The summed E-state index contributed by atoms with van der Waals surface area (Å²) in [5.41, 5.74) is 2.70. The predicted molar refractivity (Wildman–Crippen MR) is 98.8 cm³/mol. The molecule has 0 bridgehead atoms. The Balaban J connectivity index is 1.72. The van der Waals surface area contributed by atoms with Crippen LogP contribution in [-0.2, 0) is 0 Å². The second kappa shape index (κ2) is 7.65. The molecule has 1 aromatic heterocycles. The van der Waals surface area contributed by atoms with Crippen LogP contribution in [0.4, 0.5) is 4.39 Å². The smallest absolute Gasteiger partial charge is 0.207 e. The van der Waals surface area contributed by atoms with Gasteiger partial charge in [0.1, 0.15) is 5.15 Å². The van der Waals surface area contributed by atoms with Gasteiger partial charge in [-0.25, -0.2) is 4.98 Å². The fourth-order valence-corrected chi connectivity index (χ4v) is 4.10. The molecule has 1 aliphatic rings. The van der Waals surface area contributed by atoms with E-state index in [1.807, 2.05) is 12.1 Å². The molecule has 1 fully saturated rings. The van der Waals surface area contributed by atoms with Gasteiger partial charge < -0.3 is 0 Å². The van der Waals surface area contributed by atoms with Crippen molar-refractivity contribution in [3.63, 3.8) is 0 Å². The van der Waals surface area contributed by atoms with Crippen molar-refractivity contribution in [2.24, 2.45) is 11.8 Å². The summed E-state index contributed by atoms with van der Waals surface area (Å²) in [6.07, 6.45) is 6.71. The van der Waals surface area contributed by atoms with Crippen LogP contribution in [0, 0.1) is 17.8 Å². The molecule has 0 N–H and O–H groups in total. The second-order valence-corrected chi connectivity index (χ2v) is 7.46. The largest absolute Gasteiger partial charge is 0.222 e. The first-order valence-corrected chi connectivity index (χ1v) is 9.38. The van der Waals surface area contributed by atoms with Gasteiger partial charge in [-0.05, 0) is 53.9 Å². The number of benzene rings is 1. The van der Waals surface area contributed by atoms with E-state index >= 15 is 0 Å². The lowest BCUT2D eigenvalue weighted by Gasteiger charge is -2.32. The second-order valence-electron chi connectivity index (χ2n) is 7.07. The maximum atomic E-state index is 14.0. The molecule has 1 heterocycles. The highest BCUT2D eigenvalue weighted by Crippen LogP contribution is 2.39. The van der Waals surface area contributed by atoms with Gasteiger partial charge in [0, 0.05) is 5.56 Å². The Kier molecular flexibility index (Phi) is 5.55. The Morgan fingerprint density at radius 3 is 2.33 bits per heavy atom. The third kappa shape index (κ3) is 3.80. The van der Waals surface area contributed by atoms with Gasteiger partial charge in [0.25, 0.3) is 0 Å². The summed E-state index contributed by atoms with van der Waals surface area (Å²) in [5, 5.41) is 0.184. The Morgan fingerprint density at radius 2 is 1.75 bits per heavy atom. The van der Waals surface area contributed by atoms with Gasteiger partial charge in [-0.15, -0.1) is 0 Å². The van der Waals surface area contributed by atoms with Crippen LogP contribution in [0.25, 0.3) is 11.1 Å². The van der Waals surface area contributed by atoms with Gasteiger partial charge in [0.05, 0.1) is 0 Å².